The zero-order valence-electron chi connectivity index (χ0n) is 18.1. The number of ether oxygens (including phenoxy) is 2. The van der Waals surface area contributed by atoms with Crippen molar-refractivity contribution in [1.29, 1.82) is 0 Å². The number of phenolic OH excluding ortho intramolecular Hbond substituents is 1. The van der Waals surface area contributed by atoms with Crippen LogP contribution in [-0.4, -0.2) is 24.6 Å². The Kier molecular flexibility index (Phi) is 8.95. The number of carbonyl (C=O) groups excluding carboxylic acids is 1. The number of benzene rings is 2. The van der Waals surface area contributed by atoms with Crippen LogP contribution in [-0.2, 0) is 0 Å². The number of hydrogen-bond donors (Lipinski definition) is 1. The molecule has 0 fully saturated rings. The van der Waals surface area contributed by atoms with Crippen molar-refractivity contribution >= 4 is 11.9 Å². The van der Waals surface area contributed by atoms with Gasteiger partial charge in [-0.25, -0.2) is 0 Å². The van der Waals surface area contributed by atoms with Crippen molar-refractivity contribution in [3.8, 4) is 17.2 Å². The highest BCUT2D eigenvalue weighted by Crippen LogP contribution is 2.28. The van der Waals surface area contributed by atoms with Crippen LogP contribution in [0.4, 0.5) is 0 Å². The maximum absolute atomic E-state index is 12.2. The summed E-state index contributed by atoms with van der Waals surface area (Å²) in [7, 11) is 1.60. The molecule has 0 aliphatic carbocycles. The Labute approximate surface area is 179 Å². The lowest BCUT2D eigenvalue weighted by atomic mass is 10.1. The van der Waals surface area contributed by atoms with Crippen molar-refractivity contribution in [2.24, 2.45) is 0 Å². The van der Waals surface area contributed by atoms with Crippen LogP contribution in [0.25, 0.3) is 6.08 Å². The summed E-state index contributed by atoms with van der Waals surface area (Å²) in [6, 6.07) is 11.7. The molecule has 0 amide bonds. The summed E-state index contributed by atoms with van der Waals surface area (Å²) >= 11 is 0. The van der Waals surface area contributed by atoms with Gasteiger partial charge in [0.25, 0.3) is 0 Å². The van der Waals surface area contributed by atoms with E-state index in [2.05, 4.69) is 32.9 Å². The van der Waals surface area contributed by atoms with Gasteiger partial charge < -0.3 is 14.6 Å². The standard InChI is InChI=1S/C26H30O4/c1-19(2)6-5-7-20(3)16-17-30-25-15-9-21(18-26(25)29-4)8-14-24(28)22-10-12-23(27)13-11-22/h6,8-16,18,27H,5,7,17H2,1-4H3. The average Bonchev–Trinajstić information content (AvgIpc) is 2.72. The highest BCUT2D eigenvalue weighted by atomic mass is 16.5. The predicted octanol–water partition coefficient (Wildman–Crippen LogP) is 6.37. The van der Waals surface area contributed by atoms with Gasteiger partial charge >= 0.3 is 0 Å². The molecule has 0 spiro atoms. The van der Waals surface area contributed by atoms with Crippen LogP contribution >= 0.6 is 0 Å². The quantitative estimate of drug-likeness (QED) is 0.283. The molecular weight excluding hydrogens is 376 g/mol. The van der Waals surface area contributed by atoms with Crippen molar-refractivity contribution < 1.29 is 19.4 Å². The summed E-state index contributed by atoms with van der Waals surface area (Å²) in [5, 5.41) is 9.32. The molecule has 0 heterocycles. The number of aromatic hydroxyl groups is 1. The monoisotopic (exact) mass is 406 g/mol. The number of phenols is 1. The minimum atomic E-state index is -0.136. The Balaban J connectivity index is 1.98. The van der Waals surface area contributed by atoms with Crippen LogP contribution in [0, 0.1) is 0 Å². The molecule has 2 rings (SSSR count). The predicted molar refractivity (Wildman–Crippen MR) is 122 cm³/mol. The lowest BCUT2D eigenvalue weighted by molar-refractivity contribution is 0.104. The van der Waals surface area contributed by atoms with E-state index in [1.807, 2.05) is 18.2 Å². The van der Waals surface area contributed by atoms with Gasteiger partial charge in [0.15, 0.2) is 17.3 Å². The normalized spacial score (nSPS) is 11.4. The summed E-state index contributed by atoms with van der Waals surface area (Å²) in [4.78, 5) is 12.2. The van der Waals surface area contributed by atoms with E-state index in [9.17, 15) is 9.90 Å². The fourth-order valence-corrected chi connectivity index (χ4v) is 2.77. The fraction of sp³-hybridized carbons (Fsp3) is 0.269. The van der Waals surface area contributed by atoms with Crippen LogP contribution in [0.1, 0.15) is 49.5 Å². The molecule has 30 heavy (non-hydrogen) atoms. The molecule has 4 nitrogen and oxygen atoms in total. The molecule has 0 aliphatic heterocycles. The maximum atomic E-state index is 12.2. The van der Waals surface area contributed by atoms with Gasteiger partial charge in [-0.15, -0.1) is 0 Å². The van der Waals surface area contributed by atoms with Gasteiger partial charge in [0.05, 0.1) is 7.11 Å². The van der Waals surface area contributed by atoms with E-state index in [-0.39, 0.29) is 11.5 Å². The van der Waals surface area contributed by atoms with Gasteiger partial charge in [-0.1, -0.05) is 29.4 Å². The number of ketones is 1. The summed E-state index contributed by atoms with van der Waals surface area (Å²) in [6.07, 6.45) is 9.61. The molecule has 0 aliphatic rings. The van der Waals surface area contributed by atoms with Crippen LogP contribution in [0.5, 0.6) is 17.2 Å². The molecule has 0 saturated carbocycles. The van der Waals surface area contributed by atoms with Gasteiger partial charge in [-0.05, 0) is 87.7 Å². The zero-order valence-corrected chi connectivity index (χ0v) is 18.1. The Bertz CT molecular complexity index is 930. The topological polar surface area (TPSA) is 55.8 Å². The molecule has 4 heteroatoms. The first kappa shape index (κ1) is 23.0. The Morgan fingerprint density at radius 3 is 2.40 bits per heavy atom. The van der Waals surface area contributed by atoms with Crippen LogP contribution in [0.2, 0.25) is 0 Å². The number of carbonyl (C=O) groups is 1. The molecule has 158 valence electrons. The third-order valence-electron chi connectivity index (χ3n) is 4.53. The van der Waals surface area contributed by atoms with E-state index >= 15 is 0 Å². The van der Waals surface area contributed by atoms with Crippen LogP contribution < -0.4 is 9.47 Å². The molecule has 0 saturated heterocycles. The first-order valence-corrected chi connectivity index (χ1v) is 10.0. The van der Waals surface area contributed by atoms with E-state index in [4.69, 9.17) is 9.47 Å². The number of methoxy groups -OCH3 is 1. The lowest BCUT2D eigenvalue weighted by Gasteiger charge is -2.10. The third kappa shape index (κ3) is 7.63. The molecule has 0 radical (unpaired) electrons. The lowest BCUT2D eigenvalue weighted by Crippen LogP contribution is -1.98. The highest BCUT2D eigenvalue weighted by molar-refractivity contribution is 6.06. The maximum Gasteiger partial charge on any atom is 0.185 e. The third-order valence-corrected chi connectivity index (χ3v) is 4.53. The van der Waals surface area contributed by atoms with E-state index in [1.54, 1.807) is 25.3 Å². The van der Waals surface area contributed by atoms with Crippen molar-refractivity contribution in [3.05, 3.63) is 83.0 Å². The smallest absolute Gasteiger partial charge is 0.185 e. The van der Waals surface area contributed by atoms with Gasteiger partial charge in [-0.2, -0.15) is 0 Å². The second kappa shape index (κ2) is 11.7. The molecule has 0 unspecified atom stereocenters. The second-order valence-corrected chi connectivity index (χ2v) is 7.34. The Morgan fingerprint density at radius 1 is 1.00 bits per heavy atom. The Morgan fingerprint density at radius 2 is 1.73 bits per heavy atom. The van der Waals surface area contributed by atoms with Gasteiger partial charge in [0.2, 0.25) is 0 Å². The molecular formula is C26H30O4. The average molecular weight is 407 g/mol. The van der Waals surface area contributed by atoms with Crippen molar-refractivity contribution in [3.63, 3.8) is 0 Å². The fourth-order valence-electron chi connectivity index (χ4n) is 2.77. The highest BCUT2D eigenvalue weighted by Gasteiger charge is 2.06. The van der Waals surface area contributed by atoms with Crippen LogP contribution in [0.15, 0.2) is 71.8 Å². The largest absolute Gasteiger partial charge is 0.508 e. The SMILES string of the molecule is COc1cc(C=CC(=O)c2ccc(O)cc2)ccc1OCC=C(C)CCC=C(C)C. The summed E-state index contributed by atoms with van der Waals surface area (Å²) in [5.41, 5.74) is 3.98. The number of allylic oxidation sites excluding steroid dienone is 4. The van der Waals surface area contributed by atoms with Gasteiger partial charge in [-0.3, -0.25) is 4.79 Å². The molecule has 0 atom stereocenters. The molecule has 2 aromatic carbocycles. The van der Waals surface area contributed by atoms with Crippen molar-refractivity contribution in [1.82, 2.24) is 0 Å². The van der Waals surface area contributed by atoms with Gasteiger partial charge in [0.1, 0.15) is 12.4 Å². The summed E-state index contributed by atoms with van der Waals surface area (Å²) in [5.74, 6) is 1.27. The number of rotatable bonds is 10. The molecule has 1 N–H and O–H groups in total. The molecule has 2 aromatic rings. The van der Waals surface area contributed by atoms with Crippen molar-refractivity contribution in [2.45, 2.75) is 33.6 Å². The number of hydrogen-bond acceptors (Lipinski definition) is 4. The second-order valence-electron chi connectivity index (χ2n) is 7.34. The van der Waals surface area contributed by atoms with E-state index in [0.717, 1.165) is 18.4 Å². The first-order valence-electron chi connectivity index (χ1n) is 10.0. The zero-order chi connectivity index (χ0) is 21.9. The first-order chi connectivity index (χ1) is 14.4. The minimum Gasteiger partial charge on any atom is -0.508 e. The van der Waals surface area contributed by atoms with Crippen LogP contribution in [0.3, 0.4) is 0 Å². The van der Waals surface area contributed by atoms with Crippen molar-refractivity contribution in [2.75, 3.05) is 13.7 Å². The van der Waals surface area contributed by atoms with Gasteiger partial charge in [0, 0.05) is 5.56 Å². The molecule has 0 bridgehead atoms. The summed E-state index contributed by atoms with van der Waals surface area (Å²) < 4.78 is 11.3. The van der Waals surface area contributed by atoms with E-state index in [0.29, 0.717) is 23.7 Å². The van der Waals surface area contributed by atoms with E-state index in [1.165, 1.54) is 29.4 Å². The molecule has 0 aromatic heterocycles. The van der Waals surface area contributed by atoms with E-state index < -0.39 is 0 Å². The minimum absolute atomic E-state index is 0.133. The summed E-state index contributed by atoms with van der Waals surface area (Å²) in [6.45, 7) is 6.80. The Hall–Kier alpha value is -3.27.